The van der Waals surface area contributed by atoms with E-state index in [0.717, 1.165) is 25.0 Å². The van der Waals surface area contributed by atoms with Crippen LogP contribution in [0, 0.1) is 5.82 Å². The third-order valence-corrected chi connectivity index (χ3v) is 6.17. The molecule has 1 aliphatic heterocycles. The first-order valence-corrected chi connectivity index (χ1v) is 11.3. The summed E-state index contributed by atoms with van der Waals surface area (Å²) in [5.41, 5.74) is 1.35. The number of rotatable bonds is 8. The maximum absolute atomic E-state index is 13.3. The van der Waals surface area contributed by atoms with Crippen LogP contribution in [0.3, 0.4) is 0 Å². The molecule has 0 saturated carbocycles. The summed E-state index contributed by atoms with van der Waals surface area (Å²) in [6.07, 6.45) is 2.31. The summed E-state index contributed by atoms with van der Waals surface area (Å²) >= 11 is 0. The molecule has 1 saturated heterocycles. The molecule has 7 nitrogen and oxygen atoms in total. The average molecular weight is 435 g/mol. The van der Waals surface area contributed by atoms with Gasteiger partial charge in [0.1, 0.15) is 5.82 Å². The Morgan fingerprint density at radius 2 is 1.90 bits per heavy atom. The van der Waals surface area contributed by atoms with E-state index in [9.17, 15) is 12.8 Å². The number of ether oxygens (including phenoxy) is 1. The molecular weight excluding hydrogens is 407 g/mol. The van der Waals surface area contributed by atoms with Gasteiger partial charge in [-0.1, -0.05) is 24.3 Å². The van der Waals surface area contributed by atoms with Crippen LogP contribution in [-0.2, 0) is 27.8 Å². The first-order chi connectivity index (χ1) is 14.5. The Hall–Kier alpha value is -2.49. The molecule has 2 aromatic carbocycles. The smallest absolute Gasteiger partial charge is 0.240 e. The summed E-state index contributed by atoms with van der Waals surface area (Å²) in [5, 5.41) is 6.40. The van der Waals surface area contributed by atoms with Gasteiger partial charge in [0.15, 0.2) is 5.96 Å². The third-order valence-electron chi connectivity index (χ3n) is 4.77. The Balaban J connectivity index is 1.56. The second-order valence-electron chi connectivity index (χ2n) is 7.04. The van der Waals surface area contributed by atoms with Crippen molar-refractivity contribution in [2.75, 3.05) is 20.2 Å². The zero-order valence-electron chi connectivity index (χ0n) is 16.9. The molecule has 1 fully saturated rings. The van der Waals surface area contributed by atoms with E-state index in [-0.39, 0.29) is 17.5 Å². The fourth-order valence-corrected chi connectivity index (χ4v) is 4.24. The Bertz CT molecular complexity index is 976. The molecule has 1 unspecified atom stereocenters. The summed E-state index contributed by atoms with van der Waals surface area (Å²) in [6, 6.07) is 12.5. The maximum Gasteiger partial charge on any atom is 0.240 e. The molecule has 1 atom stereocenters. The first-order valence-electron chi connectivity index (χ1n) is 9.85. The molecule has 0 aromatic heterocycles. The van der Waals surface area contributed by atoms with E-state index in [1.54, 1.807) is 31.3 Å². The summed E-state index contributed by atoms with van der Waals surface area (Å²) in [6.45, 7) is 1.91. The molecule has 1 heterocycles. The fraction of sp³-hybridized carbons (Fsp3) is 0.381. The van der Waals surface area contributed by atoms with E-state index in [1.807, 2.05) is 6.07 Å². The highest BCUT2D eigenvalue weighted by atomic mass is 32.2. The van der Waals surface area contributed by atoms with Crippen molar-refractivity contribution in [2.24, 2.45) is 4.99 Å². The number of aliphatic imine (C=N–C) groups is 1. The predicted octanol–water partition coefficient (Wildman–Crippen LogP) is 2.15. The van der Waals surface area contributed by atoms with Gasteiger partial charge >= 0.3 is 0 Å². The minimum Gasteiger partial charge on any atom is -0.376 e. The molecule has 30 heavy (non-hydrogen) atoms. The van der Waals surface area contributed by atoms with Crippen LogP contribution in [0.25, 0.3) is 0 Å². The number of benzene rings is 2. The van der Waals surface area contributed by atoms with Crippen molar-refractivity contribution in [3.8, 4) is 0 Å². The second kappa shape index (κ2) is 10.5. The average Bonchev–Trinajstić information content (AvgIpc) is 3.26. The van der Waals surface area contributed by atoms with Crippen LogP contribution in [0.5, 0.6) is 0 Å². The minimum absolute atomic E-state index is 0.0162. The van der Waals surface area contributed by atoms with E-state index in [1.165, 1.54) is 18.2 Å². The lowest BCUT2D eigenvalue weighted by Crippen LogP contribution is -2.40. The zero-order chi connectivity index (χ0) is 21.4. The molecule has 2 aromatic rings. The highest BCUT2D eigenvalue weighted by Crippen LogP contribution is 2.13. The number of nitrogens with one attached hydrogen (secondary N) is 3. The number of hydrogen-bond acceptors (Lipinski definition) is 4. The van der Waals surface area contributed by atoms with Gasteiger partial charge in [-0.05, 0) is 48.2 Å². The summed E-state index contributed by atoms with van der Waals surface area (Å²) in [5.74, 6) is 0.226. The van der Waals surface area contributed by atoms with Gasteiger partial charge in [0, 0.05) is 33.3 Å². The Kier molecular flexibility index (Phi) is 7.78. The number of nitrogens with zero attached hydrogens (tertiary/aromatic N) is 1. The van der Waals surface area contributed by atoms with E-state index in [2.05, 4.69) is 20.3 Å². The topological polar surface area (TPSA) is 91.8 Å². The Morgan fingerprint density at radius 1 is 1.13 bits per heavy atom. The van der Waals surface area contributed by atoms with E-state index < -0.39 is 15.8 Å². The van der Waals surface area contributed by atoms with E-state index in [4.69, 9.17) is 4.74 Å². The van der Waals surface area contributed by atoms with E-state index >= 15 is 0 Å². The lowest BCUT2D eigenvalue weighted by Gasteiger charge is -2.15. The van der Waals surface area contributed by atoms with Crippen LogP contribution in [-0.4, -0.2) is 40.7 Å². The number of sulfonamides is 1. The fourth-order valence-electron chi connectivity index (χ4n) is 3.15. The molecule has 0 spiro atoms. The Morgan fingerprint density at radius 3 is 2.60 bits per heavy atom. The van der Waals surface area contributed by atoms with Crippen molar-refractivity contribution >= 4 is 16.0 Å². The molecule has 0 bridgehead atoms. The van der Waals surface area contributed by atoms with Crippen molar-refractivity contribution in [2.45, 2.75) is 36.9 Å². The standard InChI is InChI=1S/C21H27FN4O3S/c1-23-21(25-15-19-8-4-10-29-19)24-13-17-6-3-9-20(12-17)30(27,28)26-14-16-5-2-7-18(22)11-16/h2-3,5-7,9,11-12,19,26H,4,8,10,13-15H2,1H3,(H2,23,24,25). The highest BCUT2D eigenvalue weighted by molar-refractivity contribution is 7.89. The van der Waals surface area contributed by atoms with Gasteiger partial charge in [-0.15, -0.1) is 0 Å². The van der Waals surface area contributed by atoms with Crippen molar-refractivity contribution < 1.29 is 17.5 Å². The third kappa shape index (κ3) is 6.51. The maximum atomic E-state index is 13.3. The van der Waals surface area contributed by atoms with Gasteiger partial charge in [-0.3, -0.25) is 4.99 Å². The van der Waals surface area contributed by atoms with Crippen LogP contribution in [0.4, 0.5) is 4.39 Å². The van der Waals surface area contributed by atoms with Gasteiger partial charge in [0.2, 0.25) is 10.0 Å². The summed E-state index contributed by atoms with van der Waals surface area (Å²) in [7, 11) is -2.04. The molecule has 0 radical (unpaired) electrons. The zero-order valence-corrected chi connectivity index (χ0v) is 17.7. The minimum atomic E-state index is -3.72. The van der Waals surface area contributed by atoms with E-state index in [0.29, 0.717) is 24.6 Å². The van der Waals surface area contributed by atoms with Crippen molar-refractivity contribution in [1.82, 2.24) is 15.4 Å². The lowest BCUT2D eigenvalue weighted by atomic mass is 10.2. The Labute approximate surface area is 176 Å². The van der Waals surface area contributed by atoms with Crippen LogP contribution in [0.1, 0.15) is 24.0 Å². The highest BCUT2D eigenvalue weighted by Gasteiger charge is 2.16. The molecule has 0 amide bonds. The molecule has 1 aliphatic rings. The molecular formula is C21H27FN4O3S. The van der Waals surface area contributed by atoms with Crippen molar-refractivity contribution in [1.29, 1.82) is 0 Å². The molecule has 3 N–H and O–H groups in total. The van der Waals surface area contributed by atoms with Gasteiger partial charge in [-0.25, -0.2) is 17.5 Å². The molecule has 9 heteroatoms. The first kappa shape index (κ1) is 22.2. The van der Waals surface area contributed by atoms with Gasteiger partial charge in [0.25, 0.3) is 0 Å². The van der Waals surface area contributed by atoms with Crippen LogP contribution in [0.15, 0.2) is 58.4 Å². The predicted molar refractivity (Wildman–Crippen MR) is 114 cm³/mol. The number of guanidine groups is 1. The largest absolute Gasteiger partial charge is 0.376 e. The molecule has 3 rings (SSSR count). The van der Waals surface area contributed by atoms with Gasteiger partial charge in [-0.2, -0.15) is 0 Å². The van der Waals surface area contributed by atoms with Crippen LogP contribution < -0.4 is 15.4 Å². The monoisotopic (exact) mass is 434 g/mol. The second-order valence-corrected chi connectivity index (χ2v) is 8.81. The quantitative estimate of drug-likeness (QED) is 0.437. The number of hydrogen-bond donors (Lipinski definition) is 3. The van der Waals surface area contributed by atoms with Crippen molar-refractivity contribution in [3.05, 3.63) is 65.5 Å². The van der Waals surface area contributed by atoms with Crippen LogP contribution in [0.2, 0.25) is 0 Å². The van der Waals surface area contributed by atoms with Gasteiger partial charge < -0.3 is 15.4 Å². The van der Waals surface area contributed by atoms with Gasteiger partial charge in [0.05, 0.1) is 11.0 Å². The number of halogens is 1. The SMILES string of the molecule is CN=C(NCc1cccc(S(=O)(=O)NCc2cccc(F)c2)c1)NCC1CCCO1. The molecule has 0 aliphatic carbocycles. The summed E-state index contributed by atoms with van der Waals surface area (Å²) in [4.78, 5) is 4.34. The molecule has 162 valence electrons. The lowest BCUT2D eigenvalue weighted by molar-refractivity contribution is 0.114. The van der Waals surface area contributed by atoms with Crippen LogP contribution >= 0.6 is 0 Å². The normalized spacial score (nSPS) is 17.1. The van der Waals surface area contributed by atoms with Crippen molar-refractivity contribution in [3.63, 3.8) is 0 Å². The summed E-state index contributed by atoms with van der Waals surface area (Å²) < 4.78 is 46.6.